The molecule has 0 bridgehead atoms. The van der Waals surface area contributed by atoms with Crippen LogP contribution in [0, 0.1) is 5.92 Å². The number of rotatable bonds is 12. The fourth-order valence-corrected chi connectivity index (χ4v) is 4.23. The molecule has 0 spiro atoms. The molecular formula is C25H30BrClN2O. The SMILES string of the molecule is C=CCOc1cc(/C=C/c2ccc(Cl)cc2Br)cc(CNCCCCC2CNC2)c1. The van der Waals surface area contributed by atoms with Crippen LogP contribution in [0.5, 0.6) is 5.75 Å². The Morgan fingerprint density at radius 1 is 1.17 bits per heavy atom. The second kappa shape index (κ2) is 12.3. The third-order valence-electron chi connectivity index (χ3n) is 5.19. The second-order valence-electron chi connectivity index (χ2n) is 7.71. The van der Waals surface area contributed by atoms with Crippen molar-refractivity contribution in [1.82, 2.24) is 10.6 Å². The molecule has 0 aliphatic carbocycles. The summed E-state index contributed by atoms with van der Waals surface area (Å²) in [4.78, 5) is 0. The minimum Gasteiger partial charge on any atom is -0.490 e. The number of unbranched alkanes of at least 4 members (excludes halogenated alkanes) is 1. The Hall–Kier alpha value is -1.59. The highest BCUT2D eigenvalue weighted by atomic mass is 79.9. The van der Waals surface area contributed by atoms with Crippen LogP contribution in [0.1, 0.15) is 36.0 Å². The maximum atomic E-state index is 6.04. The van der Waals surface area contributed by atoms with Crippen LogP contribution in [-0.4, -0.2) is 26.2 Å². The van der Waals surface area contributed by atoms with Crippen LogP contribution in [0.2, 0.25) is 5.02 Å². The van der Waals surface area contributed by atoms with E-state index in [0.29, 0.717) is 6.61 Å². The molecule has 5 heteroatoms. The number of benzene rings is 2. The predicted octanol–water partition coefficient (Wildman–Crippen LogP) is 6.32. The highest BCUT2D eigenvalue weighted by molar-refractivity contribution is 9.10. The predicted molar refractivity (Wildman–Crippen MR) is 132 cm³/mol. The molecule has 1 aliphatic rings. The summed E-state index contributed by atoms with van der Waals surface area (Å²) in [6.07, 6.45) is 9.81. The van der Waals surface area contributed by atoms with E-state index in [9.17, 15) is 0 Å². The first-order valence-electron chi connectivity index (χ1n) is 10.6. The van der Waals surface area contributed by atoms with E-state index in [1.54, 1.807) is 6.08 Å². The molecular weight excluding hydrogens is 460 g/mol. The molecule has 0 aromatic heterocycles. The first kappa shape index (κ1) is 23.1. The van der Waals surface area contributed by atoms with Gasteiger partial charge in [-0.25, -0.2) is 0 Å². The van der Waals surface area contributed by atoms with Gasteiger partial charge in [0.2, 0.25) is 0 Å². The summed E-state index contributed by atoms with van der Waals surface area (Å²) in [6.45, 7) is 8.52. The van der Waals surface area contributed by atoms with Gasteiger partial charge in [0.25, 0.3) is 0 Å². The molecule has 3 rings (SSSR count). The first-order chi connectivity index (χ1) is 14.6. The minimum absolute atomic E-state index is 0.499. The van der Waals surface area contributed by atoms with Crippen LogP contribution < -0.4 is 15.4 Å². The average Bonchev–Trinajstić information content (AvgIpc) is 2.69. The molecule has 0 saturated carbocycles. The quantitative estimate of drug-likeness (QED) is 0.208. The molecule has 0 atom stereocenters. The third-order valence-corrected chi connectivity index (χ3v) is 6.11. The molecule has 160 valence electrons. The van der Waals surface area contributed by atoms with Gasteiger partial charge in [0.05, 0.1) is 0 Å². The summed E-state index contributed by atoms with van der Waals surface area (Å²) in [5.41, 5.74) is 3.40. The fraction of sp³-hybridized carbons (Fsp3) is 0.360. The highest BCUT2D eigenvalue weighted by Gasteiger charge is 2.15. The van der Waals surface area contributed by atoms with Crippen molar-refractivity contribution in [2.24, 2.45) is 5.92 Å². The summed E-state index contributed by atoms with van der Waals surface area (Å²) < 4.78 is 6.78. The Bertz CT molecular complexity index is 864. The summed E-state index contributed by atoms with van der Waals surface area (Å²) >= 11 is 9.61. The Morgan fingerprint density at radius 3 is 2.77 bits per heavy atom. The minimum atomic E-state index is 0.499. The van der Waals surface area contributed by atoms with E-state index >= 15 is 0 Å². The number of hydrogen-bond donors (Lipinski definition) is 2. The van der Waals surface area contributed by atoms with Crippen molar-refractivity contribution in [3.63, 3.8) is 0 Å². The molecule has 2 aromatic carbocycles. The molecule has 0 unspecified atom stereocenters. The topological polar surface area (TPSA) is 33.3 Å². The third kappa shape index (κ3) is 7.59. The first-order valence-corrected chi connectivity index (χ1v) is 11.7. The van der Waals surface area contributed by atoms with Crippen molar-refractivity contribution in [3.05, 3.63) is 75.2 Å². The number of nitrogens with one attached hydrogen (secondary N) is 2. The number of ether oxygens (including phenoxy) is 1. The Morgan fingerprint density at radius 2 is 2.03 bits per heavy atom. The van der Waals surface area contributed by atoms with Crippen molar-refractivity contribution in [2.45, 2.75) is 25.8 Å². The van der Waals surface area contributed by atoms with E-state index in [2.05, 4.69) is 63.5 Å². The van der Waals surface area contributed by atoms with Gasteiger partial charge in [0.15, 0.2) is 0 Å². The van der Waals surface area contributed by atoms with Crippen molar-refractivity contribution in [2.75, 3.05) is 26.2 Å². The van der Waals surface area contributed by atoms with Gasteiger partial charge in [-0.3, -0.25) is 0 Å². The summed E-state index contributed by atoms with van der Waals surface area (Å²) in [5.74, 6) is 1.76. The lowest BCUT2D eigenvalue weighted by molar-refractivity contribution is 0.317. The van der Waals surface area contributed by atoms with Crippen LogP contribution in [0.15, 0.2) is 53.5 Å². The molecule has 2 aromatic rings. The maximum absolute atomic E-state index is 6.04. The van der Waals surface area contributed by atoms with E-state index in [-0.39, 0.29) is 0 Å². The molecule has 30 heavy (non-hydrogen) atoms. The van der Waals surface area contributed by atoms with E-state index in [4.69, 9.17) is 16.3 Å². The maximum Gasteiger partial charge on any atom is 0.120 e. The lowest BCUT2D eigenvalue weighted by atomic mass is 9.96. The van der Waals surface area contributed by atoms with Crippen molar-refractivity contribution in [3.8, 4) is 5.75 Å². The van der Waals surface area contributed by atoms with Gasteiger partial charge in [-0.15, -0.1) is 0 Å². The lowest BCUT2D eigenvalue weighted by Gasteiger charge is -2.26. The zero-order valence-electron chi connectivity index (χ0n) is 17.3. The Balaban J connectivity index is 1.59. The summed E-state index contributed by atoms with van der Waals surface area (Å²) in [5, 5.41) is 7.63. The molecule has 0 amide bonds. The monoisotopic (exact) mass is 488 g/mol. The van der Waals surface area contributed by atoms with Gasteiger partial charge in [0.1, 0.15) is 12.4 Å². The van der Waals surface area contributed by atoms with Gasteiger partial charge < -0.3 is 15.4 Å². The lowest BCUT2D eigenvalue weighted by Crippen LogP contribution is -2.41. The van der Waals surface area contributed by atoms with Crippen LogP contribution >= 0.6 is 27.5 Å². The molecule has 1 heterocycles. The van der Waals surface area contributed by atoms with Gasteiger partial charge >= 0.3 is 0 Å². The number of halogens is 2. The van der Waals surface area contributed by atoms with Crippen LogP contribution in [-0.2, 0) is 6.54 Å². The van der Waals surface area contributed by atoms with E-state index in [1.165, 1.54) is 37.9 Å². The van der Waals surface area contributed by atoms with Crippen molar-refractivity contribution in [1.29, 1.82) is 0 Å². The standard InChI is InChI=1S/C25H30BrClN2O/c1-2-11-30-24-13-19(6-7-22-8-9-23(27)15-25(22)26)12-21(14-24)18-28-10-4-3-5-20-16-29-17-20/h2,6-9,12-15,20,28-29H,1,3-5,10-11,16-18H2/b7-6+. The van der Waals surface area contributed by atoms with Gasteiger partial charge in [-0.2, -0.15) is 0 Å². The molecule has 2 N–H and O–H groups in total. The van der Waals surface area contributed by atoms with Gasteiger partial charge in [0, 0.05) is 16.0 Å². The molecule has 1 saturated heterocycles. The zero-order valence-corrected chi connectivity index (χ0v) is 19.6. The van der Waals surface area contributed by atoms with Crippen molar-refractivity contribution < 1.29 is 4.74 Å². The summed E-state index contributed by atoms with van der Waals surface area (Å²) in [7, 11) is 0. The zero-order chi connectivity index (χ0) is 21.2. The number of hydrogen-bond acceptors (Lipinski definition) is 3. The van der Waals surface area contributed by atoms with E-state index in [1.807, 2.05) is 18.2 Å². The molecule has 3 nitrogen and oxygen atoms in total. The van der Waals surface area contributed by atoms with Gasteiger partial charge in [-0.05, 0) is 79.3 Å². The van der Waals surface area contributed by atoms with Crippen LogP contribution in [0.4, 0.5) is 0 Å². The molecule has 1 aliphatic heterocycles. The normalized spacial score (nSPS) is 14.1. The van der Waals surface area contributed by atoms with Crippen LogP contribution in [0.3, 0.4) is 0 Å². The van der Waals surface area contributed by atoms with Crippen molar-refractivity contribution >= 4 is 39.7 Å². The van der Waals surface area contributed by atoms with Gasteiger partial charge in [-0.1, -0.05) is 70.9 Å². The highest BCUT2D eigenvalue weighted by Crippen LogP contribution is 2.25. The Kier molecular flexibility index (Phi) is 9.47. The smallest absolute Gasteiger partial charge is 0.120 e. The average molecular weight is 490 g/mol. The Labute approximate surface area is 193 Å². The van der Waals surface area contributed by atoms with E-state index in [0.717, 1.165) is 45.4 Å². The second-order valence-corrected chi connectivity index (χ2v) is 9.00. The fourth-order valence-electron chi connectivity index (χ4n) is 3.41. The largest absolute Gasteiger partial charge is 0.490 e. The van der Waals surface area contributed by atoms with E-state index < -0.39 is 0 Å². The molecule has 0 radical (unpaired) electrons. The summed E-state index contributed by atoms with van der Waals surface area (Å²) in [6, 6.07) is 12.2. The molecule has 1 fully saturated rings. The van der Waals surface area contributed by atoms with Crippen LogP contribution in [0.25, 0.3) is 12.2 Å².